The van der Waals surface area contributed by atoms with E-state index < -0.39 is 17.6 Å². The first-order valence-corrected chi connectivity index (χ1v) is 14.7. The summed E-state index contributed by atoms with van der Waals surface area (Å²) in [4.78, 5) is 18.4. The van der Waals surface area contributed by atoms with E-state index in [-0.39, 0.29) is 18.6 Å². The van der Waals surface area contributed by atoms with Crippen molar-refractivity contribution in [2.75, 3.05) is 68.6 Å². The second-order valence-corrected chi connectivity index (χ2v) is 11.3. The molecule has 2 fully saturated rings. The quantitative estimate of drug-likeness (QED) is 0.239. The second-order valence-electron chi connectivity index (χ2n) is 11.3. The molecule has 2 aliphatic rings. The highest BCUT2D eigenvalue weighted by Gasteiger charge is 2.23. The largest absolute Gasteiger partial charge is 0.395 e. The predicted octanol–water partition coefficient (Wildman–Crippen LogP) is 4.56. The summed E-state index contributed by atoms with van der Waals surface area (Å²) in [6.45, 7) is 4.78. The first kappa shape index (κ1) is 29.0. The molecule has 1 amide bonds. The number of aliphatic hydroxyl groups excluding tert-OH is 1. The van der Waals surface area contributed by atoms with Crippen molar-refractivity contribution in [3.05, 3.63) is 82.9 Å². The van der Waals surface area contributed by atoms with Crippen LogP contribution in [0.2, 0.25) is 0 Å². The van der Waals surface area contributed by atoms with E-state index in [1.54, 1.807) is 18.2 Å². The van der Waals surface area contributed by atoms with Gasteiger partial charge in [0.2, 0.25) is 0 Å². The molecule has 3 heterocycles. The van der Waals surface area contributed by atoms with Crippen molar-refractivity contribution in [2.45, 2.75) is 24.8 Å². The van der Waals surface area contributed by atoms with Gasteiger partial charge in [0, 0.05) is 74.2 Å². The number of ether oxygens (including phenoxy) is 1. The van der Waals surface area contributed by atoms with Gasteiger partial charge < -0.3 is 30.3 Å². The number of nitrogens with one attached hydrogen (secondary N) is 3. The number of aliphatic hydroxyl groups is 1. The molecule has 0 radical (unpaired) electrons. The fourth-order valence-corrected chi connectivity index (χ4v) is 5.87. The maximum Gasteiger partial charge on any atom is 0.258 e. The number of carbonyl (C=O) groups excluding carboxylic acids is 1. The summed E-state index contributed by atoms with van der Waals surface area (Å²) in [5, 5.41) is 24.6. The Balaban J connectivity index is 1.28. The van der Waals surface area contributed by atoms with E-state index in [0.29, 0.717) is 46.6 Å². The molecule has 0 saturated carbocycles. The van der Waals surface area contributed by atoms with Gasteiger partial charge in [-0.05, 0) is 73.5 Å². The number of fused-ring (bicyclic) bond motifs is 1. The Morgan fingerprint density at radius 3 is 2.49 bits per heavy atom. The normalized spacial score (nSPS) is 17.3. The lowest BCUT2D eigenvalue weighted by Gasteiger charge is -2.34. The number of likely N-dealkylation sites (N-methyl/N-ethyl adjacent to an activating group) is 1. The van der Waals surface area contributed by atoms with Crippen LogP contribution in [0.1, 0.15) is 40.2 Å². The average Bonchev–Trinajstić information content (AvgIpc) is 3.40. The van der Waals surface area contributed by atoms with Gasteiger partial charge in [0.05, 0.1) is 17.7 Å². The number of halogens is 2. The van der Waals surface area contributed by atoms with E-state index in [9.17, 15) is 18.7 Å². The molecule has 2 aliphatic heterocycles. The summed E-state index contributed by atoms with van der Waals surface area (Å²) >= 11 is 0. The van der Waals surface area contributed by atoms with Crippen LogP contribution < -0.4 is 15.5 Å². The smallest absolute Gasteiger partial charge is 0.258 e. The molecule has 6 rings (SSSR count). The standard InChI is InChI=1S/C32H36F2N6O3/c1-39-8-10-40(11-9-39)25-3-4-26(30(18-25)35-24-6-12-43-13-7-24)32(42)36-31-27-16-20(2-5-29(27)37-38-31)28(19-41)21-14-22(33)17-23(34)15-21/h2-5,14-18,24,28,35,41H,6-13,19H2,1H3,(H2,36,37,38,42). The molecule has 1 aromatic heterocycles. The Bertz CT molecular complexity index is 1580. The molecule has 3 aromatic carbocycles. The Morgan fingerprint density at radius 1 is 1.02 bits per heavy atom. The molecule has 1 unspecified atom stereocenters. The van der Waals surface area contributed by atoms with Crippen molar-refractivity contribution in [1.82, 2.24) is 15.1 Å². The number of aromatic nitrogens is 2. The van der Waals surface area contributed by atoms with Crippen LogP contribution in [0, 0.1) is 11.6 Å². The molecule has 0 spiro atoms. The number of anilines is 3. The topological polar surface area (TPSA) is 106 Å². The van der Waals surface area contributed by atoms with Gasteiger partial charge in [0.1, 0.15) is 11.6 Å². The average molecular weight is 591 g/mol. The van der Waals surface area contributed by atoms with Crippen molar-refractivity contribution in [1.29, 1.82) is 0 Å². The highest BCUT2D eigenvalue weighted by Crippen LogP contribution is 2.32. The molecule has 0 bridgehead atoms. The van der Waals surface area contributed by atoms with Crippen LogP contribution in [0.3, 0.4) is 0 Å². The predicted molar refractivity (Wildman–Crippen MR) is 163 cm³/mol. The maximum absolute atomic E-state index is 13.9. The molecular formula is C32H36F2N6O3. The van der Waals surface area contributed by atoms with E-state index in [1.165, 1.54) is 12.1 Å². The van der Waals surface area contributed by atoms with Crippen molar-refractivity contribution in [2.24, 2.45) is 0 Å². The summed E-state index contributed by atoms with van der Waals surface area (Å²) in [6, 6.07) is 14.6. The molecule has 1 atom stereocenters. The van der Waals surface area contributed by atoms with E-state index >= 15 is 0 Å². The number of benzene rings is 3. The molecule has 43 heavy (non-hydrogen) atoms. The van der Waals surface area contributed by atoms with Crippen LogP contribution in [0.4, 0.5) is 26.0 Å². The highest BCUT2D eigenvalue weighted by molar-refractivity contribution is 6.11. The van der Waals surface area contributed by atoms with Crippen molar-refractivity contribution in [3.63, 3.8) is 0 Å². The van der Waals surface area contributed by atoms with Crippen LogP contribution in [0.25, 0.3) is 10.9 Å². The Hall–Kier alpha value is -4.06. The van der Waals surface area contributed by atoms with Gasteiger partial charge in [-0.25, -0.2) is 8.78 Å². The molecule has 4 N–H and O–H groups in total. The number of carbonyl (C=O) groups is 1. The monoisotopic (exact) mass is 590 g/mol. The van der Waals surface area contributed by atoms with Crippen LogP contribution >= 0.6 is 0 Å². The zero-order valence-corrected chi connectivity index (χ0v) is 24.1. The summed E-state index contributed by atoms with van der Waals surface area (Å²) in [5.41, 5.74) is 3.95. The fourth-order valence-electron chi connectivity index (χ4n) is 5.87. The first-order chi connectivity index (χ1) is 20.9. The lowest BCUT2D eigenvalue weighted by molar-refractivity contribution is 0.0904. The van der Waals surface area contributed by atoms with Crippen molar-refractivity contribution >= 4 is 34.0 Å². The molecule has 0 aliphatic carbocycles. The summed E-state index contributed by atoms with van der Waals surface area (Å²) < 4.78 is 33.4. The van der Waals surface area contributed by atoms with Crippen LogP contribution in [-0.4, -0.2) is 85.2 Å². The summed E-state index contributed by atoms with van der Waals surface area (Å²) in [6.07, 6.45) is 1.71. The number of hydrogen-bond acceptors (Lipinski definition) is 7. The van der Waals surface area contributed by atoms with Crippen molar-refractivity contribution in [3.8, 4) is 0 Å². The maximum atomic E-state index is 13.9. The Morgan fingerprint density at radius 2 is 1.77 bits per heavy atom. The SMILES string of the molecule is CN1CCN(c2ccc(C(=O)Nc3n[nH]c4ccc(C(CO)c5cc(F)cc(F)c5)cc34)c(NC3CCOCC3)c2)CC1. The minimum atomic E-state index is -0.713. The molecule has 226 valence electrons. The third-order valence-electron chi connectivity index (χ3n) is 8.39. The highest BCUT2D eigenvalue weighted by atomic mass is 19.1. The number of amides is 1. The zero-order valence-electron chi connectivity index (χ0n) is 24.1. The first-order valence-electron chi connectivity index (χ1n) is 14.7. The molecule has 4 aromatic rings. The number of piperazine rings is 1. The van der Waals surface area contributed by atoms with Crippen LogP contribution in [-0.2, 0) is 4.74 Å². The van der Waals surface area contributed by atoms with Gasteiger partial charge in [-0.15, -0.1) is 0 Å². The van der Waals surface area contributed by atoms with Gasteiger partial charge in [-0.3, -0.25) is 9.89 Å². The van der Waals surface area contributed by atoms with Crippen LogP contribution in [0.15, 0.2) is 54.6 Å². The van der Waals surface area contributed by atoms with E-state index in [4.69, 9.17) is 4.74 Å². The van der Waals surface area contributed by atoms with Gasteiger partial charge in [-0.2, -0.15) is 5.10 Å². The molecule has 11 heteroatoms. The Kier molecular flexibility index (Phi) is 8.55. The number of nitrogens with zero attached hydrogens (tertiary/aromatic N) is 3. The van der Waals surface area contributed by atoms with Gasteiger partial charge in [0.25, 0.3) is 5.91 Å². The third kappa shape index (κ3) is 6.48. The summed E-state index contributed by atoms with van der Waals surface area (Å²) in [5.74, 6) is -2.08. The van der Waals surface area contributed by atoms with Gasteiger partial charge in [-0.1, -0.05) is 6.07 Å². The number of hydrogen-bond donors (Lipinski definition) is 4. The lowest BCUT2D eigenvalue weighted by Crippen LogP contribution is -2.44. The minimum absolute atomic E-state index is 0.194. The summed E-state index contributed by atoms with van der Waals surface area (Å²) in [7, 11) is 2.12. The number of aromatic amines is 1. The second kappa shape index (κ2) is 12.7. The van der Waals surface area contributed by atoms with Gasteiger partial charge >= 0.3 is 0 Å². The lowest BCUT2D eigenvalue weighted by atomic mass is 9.91. The van der Waals surface area contributed by atoms with E-state index in [0.717, 1.165) is 56.5 Å². The number of H-pyrrole nitrogens is 1. The van der Waals surface area contributed by atoms with Crippen LogP contribution in [0.5, 0.6) is 0 Å². The molecular weight excluding hydrogens is 554 g/mol. The number of rotatable bonds is 8. The third-order valence-corrected chi connectivity index (χ3v) is 8.39. The minimum Gasteiger partial charge on any atom is -0.395 e. The van der Waals surface area contributed by atoms with Crippen molar-refractivity contribution < 1.29 is 23.4 Å². The Labute approximate surface area is 248 Å². The van der Waals surface area contributed by atoms with E-state index in [1.807, 2.05) is 12.1 Å². The van der Waals surface area contributed by atoms with Gasteiger partial charge in [0.15, 0.2) is 5.82 Å². The van der Waals surface area contributed by atoms with E-state index in [2.05, 4.69) is 43.7 Å². The molecule has 2 saturated heterocycles. The zero-order chi connectivity index (χ0) is 29.9. The fraction of sp³-hybridized carbons (Fsp3) is 0.375. The molecule has 9 nitrogen and oxygen atoms in total.